The van der Waals surface area contributed by atoms with Crippen LogP contribution >= 0.6 is 0 Å². The molecule has 0 radical (unpaired) electrons. The van der Waals surface area contributed by atoms with Gasteiger partial charge in [0.05, 0.1) is 0 Å². The third-order valence-corrected chi connectivity index (χ3v) is 10.3. The van der Waals surface area contributed by atoms with Gasteiger partial charge in [0.2, 0.25) is 0 Å². The molecule has 51 heavy (non-hydrogen) atoms. The number of esters is 3. The molecule has 302 valence electrons. The van der Waals surface area contributed by atoms with Crippen LogP contribution in [0.5, 0.6) is 0 Å². The highest BCUT2D eigenvalue weighted by Gasteiger charge is 2.45. The standard InChI is InChI=1S/C44H84O7/c1-6-9-11-13-15-17-19-21-23-25-27-29-31-33-35-37-41(46)50-44(8-3,40(5)49-43(48)39(4)45)51-42(47)38-36-34-32-30-28-26-24-22-20-18-16-14-12-10-7-2/h39-40,45H,6-38H2,1-5H3. The van der Waals surface area contributed by atoms with Crippen molar-refractivity contribution in [1.82, 2.24) is 0 Å². The fraction of sp³-hybridized carbons (Fsp3) is 0.932. The van der Waals surface area contributed by atoms with Crippen LogP contribution in [-0.4, -0.2) is 41.0 Å². The molecule has 0 rings (SSSR count). The summed E-state index contributed by atoms with van der Waals surface area (Å²) in [5.41, 5.74) is 0. The zero-order chi connectivity index (χ0) is 37.8. The van der Waals surface area contributed by atoms with Crippen LogP contribution in [0.15, 0.2) is 0 Å². The number of hydrogen-bond acceptors (Lipinski definition) is 7. The average Bonchev–Trinajstić information content (AvgIpc) is 3.11. The second kappa shape index (κ2) is 35.4. The minimum Gasteiger partial charge on any atom is -0.452 e. The average molecular weight is 725 g/mol. The van der Waals surface area contributed by atoms with Gasteiger partial charge in [-0.25, -0.2) is 4.79 Å². The first-order chi connectivity index (χ1) is 24.7. The second-order valence-electron chi connectivity index (χ2n) is 15.3. The van der Waals surface area contributed by atoms with Crippen LogP contribution < -0.4 is 0 Å². The van der Waals surface area contributed by atoms with Gasteiger partial charge in [-0.05, 0) is 26.7 Å². The summed E-state index contributed by atoms with van der Waals surface area (Å²) >= 11 is 0. The van der Waals surface area contributed by atoms with Crippen LogP contribution in [0.3, 0.4) is 0 Å². The Hall–Kier alpha value is -1.63. The maximum absolute atomic E-state index is 13.0. The van der Waals surface area contributed by atoms with Crippen LogP contribution in [0.25, 0.3) is 0 Å². The topological polar surface area (TPSA) is 99.1 Å². The summed E-state index contributed by atoms with van der Waals surface area (Å²) in [4.78, 5) is 38.1. The molecular weight excluding hydrogens is 640 g/mol. The molecule has 2 atom stereocenters. The summed E-state index contributed by atoms with van der Waals surface area (Å²) in [5, 5.41) is 9.69. The summed E-state index contributed by atoms with van der Waals surface area (Å²) in [6.45, 7) is 9.13. The van der Waals surface area contributed by atoms with E-state index in [9.17, 15) is 19.5 Å². The molecule has 0 aliphatic rings. The molecule has 0 saturated heterocycles. The highest BCUT2D eigenvalue weighted by Crippen LogP contribution is 2.28. The van der Waals surface area contributed by atoms with Gasteiger partial charge in [0.25, 0.3) is 5.79 Å². The summed E-state index contributed by atoms with van der Waals surface area (Å²) in [6.07, 6.45) is 35.5. The Morgan fingerprint density at radius 3 is 0.941 bits per heavy atom. The highest BCUT2D eigenvalue weighted by atomic mass is 16.8. The molecule has 0 aliphatic carbocycles. The van der Waals surface area contributed by atoms with Gasteiger partial charge in [-0.3, -0.25) is 9.59 Å². The maximum atomic E-state index is 13.0. The van der Waals surface area contributed by atoms with Gasteiger partial charge in [0, 0.05) is 19.3 Å². The van der Waals surface area contributed by atoms with E-state index < -0.39 is 35.9 Å². The molecule has 7 nitrogen and oxygen atoms in total. The minimum absolute atomic E-state index is 0.135. The SMILES string of the molecule is CCCCCCCCCCCCCCCCCC(=O)OC(CC)(OC(=O)CCCCCCCCCCCCCCCCC)C(C)OC(=O)C(C)O. The number of ether oxygens (including phenoxy) is 3. The van der Waals surface area contributed by atoms with Crippen molar-refractivity contribution in [3.05, 3.63) is 0 Å². The fourth-order valence-electron chi connectivity index (χ4n) is 6.75. The summed E-state index contributed by atoms with van der Waals surface area (Å²) in [5.74, 6) is -3.50. The molecule has 0 aromatic carbocycles. The van der Waals surface area contributed by atoms with Crippen LogP contribution in [0.1, 0.15) is 247 Å². The van der Waals surface area contributed by atoms with Crippen molar-refractivity contribution in [1.29, 1.82) is 0 Å². The number of hydrogen-bond donors (Lipinski definition) is 1. The van der Waals surface area contributed by atoms with E-state index in [1.54, 1.807) is 13.8 Å². The first-order valence-corrected chi connectivity index (χ1v) is 22.0. The molecular formula is C44H84O7. The lowest BCUT2D eigenvalue weighted by molar-refractivity contribution is -0.265. The molecule has 0 aromatic rings. The molecule has 0 amide bonds. The van der Waals surface area contributed by atoms with Crippen molar-refractivity contribution >= 4 is 17.9 Å². The van der Waals surface area contributed by atoms with E-state index >= 15 is 0 Å². The number of carbonyl (C=O) groups excluding carboxylic acids is 3. The van der Waals surface area contributed by atoms with Crippen molar-refractivity contribution in [3.8, 4) is 0 Å². The van der Waals surface area contributed by atoms with Crippen molar-refractivity contribution in [2.75, 3.05) is 0 Å². The Morgan fingerprint density at radius 2 is 0.706 bits per heavy atom. The number of rotatable bonds is 38. The fourth-order valence-corrected chi connectivity index (χ4v) is 6.75. The van der Waals surface area contributed by atoms with Gasteiger partial charge in [0.15, 0.2) is 6.10 Å². The molecule has 0 fully saturated rings. The number of carbonyl (C=O) groups is 3. The van der Waals surface area contributed by atoms with Crippen LogP contribution in [-0.2, 0) is 28.6 Å². The van der Waals surface area contributed by atoms with E-state index in [2.05, 4.69) is 13.8 Å². The molecule has 0 aromatic heterocycles. The molecule has 0 heterocycles. The lowest BCUT2D eigenvalue weighted by atomic mass is 10.0. The monoisotopic (exact) mass is 725 g/mol. The predicted octanol–water partition coefficient (Wildman–Crippen LogP) is 13.0. The summed E-state index contributed by atoms with van der Waals surface area (Å²) in [6, 6.07) is 0. The maximum Gasteiger partial charge on any atom is 0.335 e. The molecule has 0 bridgehead atoms. The van der Waals surface area contributed by atoms with E-state index in [4.69, 9.17) is 14.2 Å². The quantitative estimate of drug-likeness (QED) is 0.0384. The molecule has 0 saturated carbocycles. The number of aliphatic hydroxyl groups excluding tert-OH is 1. The van der Waals surface area contributed by atoms with Crippen LogP contribution in [0.2, 0.25) is 0 Å². The van der Waals surface area contributed by atoms with E-state index in [0.29, 0.717) is 12.8 Å². The smallest absolute Gasteiger partial charge is 0.335 e. The van der Waals surface area contributed by atoms with Gasteiger partial charge in [-0.15, -0.1) is 0 Å². The first kappa shape index (κ1) is 49.4. The lowest BCUT2D eigenvalue weighted by Crippen LogP contribution is -2.51. The van der Waals surface area contributed by atoms with Crippen molar-refractivity contribution in [3.63, 3.8) is 0 Å². The summed E-state index contributed by atoms with van der Waals surface area (Å²) in [7, 11) is 0. The van der Waals surface area contributed by atoms with E-state index in [-0.39, 0.29) is 19.3 Å². The van der Waals surface area contributed by atoms with Crippen molar-refractivity contribution < 1.29 is 33.7 Å². The number of aliphatic hydroxyl groups is 1. The Balaban J connectivity index is 4.38. The van der Waals surface area contributed by atoms with Crippen molar-refractivity contribution in [2.24, 2.45) is 0 Å². The highest BCUT2D eigenvalue weighted by molar-refractivity contribution is 5.75. The van der Waals surface area contributed by atoms with E-state index in [0.717, 1.165) is 25.7 Å². The molecule has 1 N–H and O–H groups in total. The summed E-state index contributed by atoms with van der Waals surface area (Å²) < 4.78 is 17.0. The Bertz CT molecular complexity index is 763. The Morgan fingerprint density at radius 1 is 0.451 bits per heavy atom. The van der Waals surface area contributed by atoms with Gasteiger partial charge in [0.1, 0.15) is 6.10 Å². The van der Waals surface area contributed by atoms with Crippen LogP contribution in [0.4, 0.5) is 0 Å². The third kappa shape index (κ3) is 29.5. The van der Waals surface area contributed by atoms with Gasteiger partial charge in [-0.1, -0.05) is 201 Å². The lowest BCUT2D eigenvalue weighted by Gasteiger charge is -2.36. The normalized spacial score (nSPS) is 12.8. The van der Waals surface area contributed by atoms with Crippen molar-refractivity contribution in [2.45, 2.75) is 265 Å². The predicted molar refractivity (Wildman–Crippen MR) is 212 cm³/mol. The van der Waals surface area contributed by atoms with Crippen LogP contribution in [0, 0.1) is 0 Å². The van der Waals surface area contributed by atoms with E-state index in [1.807, 2.05) is 0 Å². The second-order valence-corrected chi connectivity index (χ2v) is 15.3. The molecule has 2 unspecified atom stereocenters. The van der Waals surface area contributed by atoms with Gasteiger partial charge >= 0.3 is 17.9 Å². The van der Waals surface area contributed by atoms with Gasteiger partial charge < -0.3 is 19.3 Å². The number of unbranched alkanes of at least 4 members (excludes halogenated alkanes) is 28. The first-order valence-electron chi connectivity index (χ1n) is 22.0. The molecule has 0 spiro atoms. The van der Waals surface area contributed by atoms with E-state index in [1.165, 1.54) is 161 Å². The molecule has 0 aliphatic heterocycles. The Kier molecular flexibility index (Phi) is 34.3. The minimum atomic E-state index is -1.72. The Labute approximate surface area is 315 Å². The zero-order valence-electron chi connectivity index (χ0n) is 34.4. The van der Waals surface area contributed by atoms with Gasteiger partial charge in [-0.2, -0.15) is 0 Å². The zero-order valence-corrected chi connectivity index (χ0v) is 34.4. The third-order valence-electron chi connectivity index (χ3n) is 10.3. The largest absolute Gasteiger partial charge is 0.452 e. The molecule has 7 heteroatoms.